The normalized spacial score (nSPS) is 11.2. The minimum absolute atomic E-state index is 0.0520. The van der Waals surface area contributed by atoms with Crippen LogP contribution in [0.15, 0.2) is 90.0 Å². The fourth-order valence-electron chi connectivity index (χ4n) is 3.86. The van der Waals surface area contributed by atoms with Gasteiger partial charge in [-0.05, 0) is 47.6 Å². The van der Waals surface area contributed by atoms with Crippen LogP contribution in [0.1, 0.15) is 11.3 Å². The molecule has 0 fully saturated rings. The van der Waals surface area contributed by atoms with Gasteiger partial charge in [-0.1, -0.05) is 22.0 Å². The van der Waals surface area contributed by atoms with Gasteiger partial charge in [0.2, 0.25) is 18.5 Å². The summed E-state index contributed by atoms with van der Waals surface area (Å²) in [5, 5.41) is 8.51. The molecule has 6 rings (SSSR count). The topological polar surface area (TPSA) is 93.6 Å². The molecule has 0 spiro atoms. The third-order valence-electron chi connectivity index (χ3n) is 5.73. The minimum atomic E-state index is -0.954. The molecule has 37 heavy (non-hydrogen) atoms. The molecule has 0 saturated carbocycles. The summed E-state index contributed by atoms with van der Waals surface area (Å²) >= 11 is 0. The van der Waals surface area contributed by atoms with Crippen LogP contribution in [0.2, 0.25) is 0 Å². The molecule has 10 heteroatoms. The lowest BCUT2D eigenvalue weighted by atomic mass is 10.1. The van der Waals surface area contributed by atoms with Gasteiger partial charge in [0.05, 0.1) is 5.56 Å². The number of rotatable bonds is 7. The number of aromatic nitrogens is 6. The monoisotopic (exact) mass is 497 g/mol. The van der Waals surface area contributed by atoms with Crippen LogP contribution in [-0.4, -0.2) is 25.2 Å². The molecule has 0 bridgehead atoms. The van der Waals surface area contributed by atoms with Crippen molar-refractivity contribution in [1.29, 1.82) is 0 Å². The summed E-state index contributed by atoms with van der Waals surface area (Å²) in [5.74, 6) is -0.327. The minimum Gasteiger partial charge on any atom is -0.489 e. The van der Waals surface area contributed by atoms with Gasteiger partial charge in [-0.15, -0.1) is 0 Å². The molecule has 4 heterocycles. The molecular weight excluding hydrogens is 478 g/mol. The van der Waals surface area contributed by atoms with Crippen molar-refractivity contribution >= 4 is 11.0 Å². The molecule has 6 aromatic rings. The Morgan fingerprint density at radius 1 is 1.00 bits per heavy atom. The Kier molecular flexibility index (Phi) is 5.81. The van der Waals surface area contributed by atoms with Crippen molar-refractivity contribution in [2.24, 2.45) is 0 Å². The van der Waals surface area contributed by atoms with Gasteiger partial charge in [-0.2, -0.15) is 0 Å². The maximum atomic E-state index is 14.2. The Bertz CT molecular complexity index is 1680. The number of H-pyrrole nitrogens is 1. The predicted octanol–water partition coefficient (Wildman–Crippen LogP) is 4.87. The molecule has 0 aliphatic carbocycles. The number of nitrogens with zero attached hydrogens (tertiary/aromatic N) is 5. The third kappa shape index (κ3) is 4.76. The van der Waals surface area contributed by atoms with Gasteiger partial charge in [-0.25, -0.2) is 13.8 Å². The van der Waals surface area contributed by atoms with E-state index in [0.29, 0.717) is 35.6 Å². The zero-order chi connectivity index (χ0) is 25.2. The van der Waals surface area contributed by atoms with Gasteiger partial charge in [0.15, 0.2) is 11.6 Å². The van der Waals surface area contributed by atoms with Crippen LogP contribution in [-0.2, 0) is 13.2 Å². The van der Waals surface area contributed by atoms with Gasteiger partial charge in [-0.3, -0.25) is 4.98 Å². The molecule has 0 amide bonds. The standard InChI is InChI=1S/C27H18F2N6O2/c28-22-5-1-4-21(26(22)29)27-32-24-13-31-35(15-25(24)33-27)14-20-11-23(34-37-20)18-6-8-19(9-7-18)36-16-17-3-2-10-30-12-17/h1-13,15H,14,16H2/p+1. The lowest BCUT2D eigenvalue weighted by Crippen LogP contribution is -2.37. The molecule has 182 valence electrons. The highest BCUT2D eigenvalue weighted by Gasteiger charge is 2.17. The number of aromatic amines is 1. The Labute approximate surface area is 209 Å². The van der Waals surface area contributed by atoms with Crippen molar-refractivity contribution in [3.05, 3.63) is 108 Å². The molecule has 0 radical (unpaired) electrons. The lowest BCUT2D eigenvalue weighted by Gasteiger charge is -2.06. The van der Waals surface area contributed by atoms with E-state index in [4.69, 9.17) is 9.26 Å². The van der Waals surface area contributed by atoms with E-state index < -0.39 is 11.6 Å². The third-order valence-corrected chi connectivity index (χ3v) is 5.73. The number of nitrogens with one attached hydrogen (secondary N) is 1. The zero-order valence-corrected chi connectivity index (χ0v) is 19.3. The quantitative estimate of drug-likeness (QED) is 0.317. The van der Waals surface area contributed by atoms with E-state index in [1.165, 1.54) is 12.1 Å². The second kappa shape index (κ2) is 9.57. The van der Waals surface area contributed by atoms with Gasteiger partial charge < -0.3 is 14.2 Å². The van der Waals surface area contributed by atoms with E-state index in [0.717, 1.165) is 22.9 Å². The molecule has 0 aliphatic rings. The average molecular weight is 497 g/mol. The Morgan fingerprint density at radius 2 is 1.89 bits per heavy atom. The van der Waals surface area contributed by atoms with Crippen molar-refractivity contribution < 1.29 is 22.7 Å². The Hall–Kier alpha value is -4.99. The number of pyridine rings is 1. The average Bonchev–Trinajstić information content (AvgIpc) is 3.57. The van der Waals surface area contributed by atoms with E-state index in [-0.39, 0.29) is 11.4 Å². The summed E-state index contributed by atoms with van der Waals surface area (Å²) in [6, 6.07) is 17.2. The van der Waals surface area contributed by atoms with E-state index in [2.05, 4.69) is 25.2 Å². The number of halogens is 2. The highest BCUT2D eigenvalue weighted by molar-refractivity contribution is 5.77. The van der Waals surface area contributed by atoms with Crippen LogP contribution >= 0.6 is 0 Å². The largest absolute Gasteiger partial charge is 0.489 e. The Balaban J connectivity index is 1.15. The van der Waals surface area contributed by atoms with E-state index in [1.54, 1.807) is 29.5 Å². The number of ether oxygens (including phenoxy) is 1. The van der Waals surface area contributed by atoms with Gasteiger partial charge in [0.25, 0.3) is 0 Å². The second-order valence-electron chi connectivity index (χ2n) is 8.31. The van der Waals surface area contributed by atoms with Gasteiger partial charge in [0, 0.05) is 29.6 Å². The number of benzene rings is 2. The van der Waals surface area contributed by atoms with Gasteiger partial charge in [0.1, 0.15) is 41.1 Å². The SMILES string of the molecule is Fc1cccc(-c2nc3cn[n+](Cc4cc(-c5ccc(OCc6cccnc6)cc5)no4)cc3[nH]2)c1F. The van der Waals surface area contributed by atoms with Crippen LogP contribution in [0.3, 0.4) is 0 Å². The molecule has 0 atom stereocenters. The molecule has 1 N–H and O–H groups in total. The summed E-state index contributed by atoms with van der Waals surface area (Å²) in [4.78, 5) is 11.4. The fourth-order valence-corrected chi connectivity index (χ4v) is 3.86. The van der Waals surface area contributed by atoms with E-state index in [1.807, 2.05) is 42.5 Å². The summed E-state index contributed by atoms with van der Waals surface area (Å²) in [7, 11) is 0. The summed E-state index contributed by atoms with van der Waals surface area (Å²) in [6.45, 7) is 0.753. The molecular formula is C27H19F2N6O2+. The van der Waals surface area contributed by atoms with Crippen molar-refractivity contribution in [3.8, 4) is 28.4 Å². The lowest BCUT2D eigenvalue weighted by molar-refractivity contribution is -0.746. The second-order valence-corrected chi connectivity index (χ2v) is 8.31. The first-order valence-electron chi connectivity index (χ1n) is 11.4. The summed E-state index contributed by atoms with van der Waals surface area (Å²) in [6.07, 6.45) is 6.76. The highest BCUT2D eigenvalue weighted by Crippen LogP contribution is 2.25. The number of hydrogen-bond donors (Lipinski definition) is 1. The fraction of sp³-hybridized carbons (Fsp3) is 0.0741. The van der Waals surface area contributed by atoms with Crippen LogP contribution < -0.4 is 9.42 Å². The first kappa shape index (κ1) is 22.5. The molecule has 8 nitrogen and oxygen atoms in total. The van der Waals surface area contributed by atoms with E-state index in [9.17, 15) is 8.78 Å². The van der Waals surface area contributed by atoms with Crippen LogP contribution in [0.5, 0.6) is 5.75 Å². The highest BCUT2D eigenvalue weighted by atomic mass is 19.2. The molecule has 0 aliphatic heterocycles. The van der Waals surface area contributed by atoms with Crippen LogP contribution in [0.4, 0.5) is 8.78 Å². The molecule has 2 aromatic carbocycles. The number of fused-ring (bicyclic) bond motifs is 1. The van der Waals surface area contributed by atoms with Crippen molar-refractivity contribution in [3.63, 3.8) is 0 Å². The maximum Gasteiger partial charge on any atom is 0.234 e. The van der Waals surface area contributed by atoms with Gasteiger partial charge >= 0.3 is 0 Å². The first-order chi connectivity index (χ1) is 18.1. The molecule has 4 aromatic heterocycles. The summed E-state index contributed by atoms with van der Waals surface area (Å²) in [5.41, 5.74) is 3.75. The van der Waals surface area contributed by atoms with Crippen LogP contribution in [0, 0.1) is 11.6 Å². The van der Waals surface area contributed by atoms with Crippen molar-refractivity contribution in [1.82, 2.24) is 25.2 Å². The smallest absolute Gasteiger partial charge is 0.234 e. The van der Waals surface area contributed by atoms with Crippen molar-refractivity contribution in [2.45, 2.75) is 13.2 Å². The predicted molar refractivity (Wildman–Crippen MR) is 129 cm³/mol. The number of hydrogen-bond acceptors (Lipinski definition) is 6. The van der Waals surface area contributed by atoms with Crippen molar-refractivity contribution in [2.75, 3.05) is 0 Å². The first-order valence-corrected chi connectivity index (χ1v) is 11.4. The zero-order valence-electron chi connectivity index (χ0n) is 19.3. The Morgan fingerprint density at radius 3 is 2.73 bits per heavy atom. The maximum absolute atomic E-state index is 14.2. The number of imidazole rings is 1. The summed E-state index contributed by atoms with van der Waals surface area (Å²) < 4.78 is 40.7. The molecule has 0 saturated heterocycles. The van der Waals surface area contributed by atoms with Crippen LogP contribution in [0.25, 0.3) is 33.7 Å². The molecule has 0 unspecified atom stereocenters. The van der Waals surface area contributed by atoms with E-state index >= 15 is 0 Å².